The first-order chi connectivity index (χ1) is 8.22. The number of rotatable bonds is 4. The zero-order chi connectivity index (χ0) is 12.3. The van der Waals surface area contributed by atoms with Gasteiger partial charge in [-0.2, -0.15) is 11.8 Å². The van der Waals surface area contributed by atoms with Crippen molar-refractivity contribution in [3.05, 3.63) is 35.4 Å². The van der Waals surface area contributed by atoms with Crippen LogP contribution in [0.25, 0.3) is 0 Å². The smallest absolute Gasteiger partial charge is 0.129 e. The van der Waals surface area contributed by atoms with Crippen molar-refractivity contribution in [2.24, 2.45) is 5.84 Å². The highest BCUT2D eigenvalue weighted by molar-refractivity contribution is 8.00. The van der Waals surface area contributed by atoms with Crippen molar-refractivity contribution in [1.82, 2.24) is 5.43 Å². The summed E-state index contributed by atoms with van der Waals surface area (Å²) in [6.45, 7) is 0. The van der Waals surface area contributed by atoms with Crippen molar-refractivity contribution in [1.29, 1.82) is 0 Å². The van der Waals surface area contributed by atoms with E-state index in [9.17, 15) is 8.78 Å². The summed E-state index contributed by atoms with van der Waals surface area (Å²) in [7, 11) is 0. The van der Waals surface area contributed by atoms with Crippen LogP contribution < -0.4 is 11.3 Å². The minimum atomic E-state index is -0.492. The second-order valence-corrected chi connectivity index (χ2v) is 5.58. The van der Waals surface area contributed by atoms with Gasteiger partial charge in [0.15, 0.2) is 0 Å². The molecule has 2 nitrogen and oxygen atoms in total. The minimum Gasteiger partial charge on any atom is -0.271 e. The lowest BCUT2D eigenvalue weighted by Crippen LogP contribution is -2.43. The van der Waals surface area contributed by atoms with Crippen molar-refractivity contribution in [2.45, 2.75) is 30.6 Å². The zero-order valence-corrected chi connectivity index (χ0v) is 10.3. The van der Waals surface area contributed by atoms with Gasteiger partial charge in [0.2, 0.25) is 0 Å². The van der Waals surface area contributed by atoms with Gasteiger partial charge >= 0.3 is 0 Å². The number of hydrazine groups is 1. The fourth-order valence-electron chi connectivity index (χ4n) is 2.16. The Bertz CT molecular complexity index is 361. The summed E-state index contributed by atoms with van der Waals surface area (Å²) in [5.41, 5.74) is 2.82. The minimum absolute atomic E-state index is 0.0751. The first kappa shape index (κ1) is 12.8. The summed E-state index contributed by atoms with van der Waals surface area (Å²) >= 11 is 1.82. The molecule has 2 rings (SSSR count). The highest BCUT2D eigenvalue weighted by atomic mass is 32.2. The number of hydrogen-bond acceptors (Lipinski definition) is 3. The summed E-state index contributed by atoms with van der Waals surface area (Å²) in [6.07, 6.45) is 2.50. The second-order valence-electron chi connectivity index (χ2n) is 4.23. The molecule has 0 aliphatic carbocycles. The first-order valence-corrected chi connectivity index (χ1v) is 6.78. The Labute approximate surface area is 104 Å². The molecule has 1 aromatic rings. The van der Waals surface area contributed by atoms with E-state index in [0.717, 1.165) is 18.6 Å². The lowest BCUT2D eigenvalue weighted by molar-refractivity contribution is 0.468. The van der Waals surface area contributed by atoms with Crippen LogP contribution in [0.5, 0.6) is 0 Å². The largest absolute Gasteiger partial charge is 0.271 e. The number of benzene rings is 1. The summed E-state index contributed by atoms with van der Waals surface area (Å²) in [5.74, 6) is 5.61. The molecule has 1 fully saturated rings. The SMILES string of the molecule is NNC(Cc1c(F)cccc1F)C1CCCS1. The molecule has 0 saturated carbocycles. The molecule has 5 heteroatoms. The molecule has 17 heavy (non-hydrogen) atoms. The maximum Gasteiger partial charge on any atom is 0.129 e. The van der Waals surface area contributed by atoms with Crippen LogP contribution in [-0.4, -0.2) is 17.0 Å². The van der Waals surface area contributed by atoms with E-state index in [4.69, 9.17) is 5.84 Å². The Balaban J connectivity index is 2.12. The third-order valence-electron chi connectivity index (χ3n) is 3.11. The molecule has 3 N–H and O–H groups in total. The van der Waals surface area contributed by atoms with Gasteiger partial charge in [-0.25, -0.2) is 8.78 Å². The lowest BCUT2D eigenvalue weighted by atomic mass is 10.0. The summed E-state index contributed by atoms with van der Waals surface area (Å²) < 4.78 is 27.0. The van der Waals surface area contributed by atoms with Crippen molar-refractivity contribution in [2.75, 3.05) is 5.75 Å². The lowest BCUT2D eigenvalue weighted by Gasteiger charge is -2.22. The van der Waals surface area contributed by atoms with Gasteiger partial charge in [0, 0.05) is 16.9 Å². The second kappa shape index (κ2) is 5.80. The maximum atomic E-state index is 13.5. The summed E-state index contributed by atoms with van der Waals surface area (Å²) in [6, 6.07) is 3.87. The van der Waals surface area contributed by atoms with Gasteiger partial charge in [0.25, 0.3) is 0 Å². The number of hydrogen-bond donors (Lipinski definition) is 2. The molecule has 1 aliphatic heterocycles. The van der Waals surface area contributed by atoms with Crippen molar-refractivity contribution >= 4 is 11.8 Å². The number of nitrogens with two attached hydrogens (primary N) is 1. The van der Waals surface area contributed by atoms with Crippen LogP contribution in [0.3, 0.4) is 0 Å². The van der Waals surface area contributed by atoms with Gasteiger partial charge in [0.05, 0.1) is 0 Å². The summed E-state index contributed by atoms with van der Waals surface area (Å²) in [4.78, 5) is 0. The highest BCUT2D eigenvalue weighted by Gasteiger charge is 2.26. The molecule has 1 aromatic carbocycles. The fraction of sp³-hybridized carbons (Fsp3) is 0.500. The molecule has 0 spiro atoms. The summed E-state index contributed by atoms with van der Waals surface area (Å²) in [5, 5.41) is 0.346. The maximum absolute atomic E-state index is 13.5. The molecule has 0 amide bonds. The quantitative estimate of drug-likeness (QED) is 0.642. The average Bonchev–Trinajstić information content (AvgIpc) is 2.82. The third-order valence-corrected chi connectivity index (χ3v) is 4.63. The Kier molecular flexibility index (Phi) is 4.36. The van der Waals surface area contributed by atoms with E-state index in [1.165, 1.54) is 18.2 Å². The molecular formula is C12H16F2N2S. The topological polar surface area (TPSA) is 38.0 Å². The van der Waals surface area contributed by atoms with E-state index >= 15 is 0 Å². The van der Waals surface area contributed by atoms with Crippen molar-refractivity contribution in [3.63, 3.8) is 0 Å². The number of thioether (sulfide) groups is 1. The third kappa shape index (κ3) is 2.97. The predicted molar refractivity (Wildman–Crippen MR) is 66.7 cm³/mol. The van der Waals surface area contributed by atoms with Crippen molar-refractivity contribution < 1.29 is 8.78 Å². The van der Waals surface area contributed by atoms with E-state index in [2.05, 4.69) is 5.43 Å². The molecule has 0 aromatic heterocycles. The van der Waals surface area contributed by atoms with Crippen LogP contribution in [0.15, 0.2) is 18.2 Å². The molecule has 1 heterocycles. The van der Waals surface area contributed by atoms with E-state index in [0.29, 0.717) is 11.7 Å². The Morgan fingerprint density at radius 2 is 2.12 bits per heavy atom. The first-order valence-electron chi connectivity index (χ1n) is 5.73. The Morgan fingerprint density at radius 3 is 2.65 bits per heavy atom. The Morgan fingerprint density at radius 1 is 1.41 bits per heavy atom. The molecular weight excluding hydrogens is 242 g/mol. The van der Waals surface area contributed by atoms with Gasteiger partial charge in [0.1, 0.15) is 11.6 Å². The number of nitrogens with one attached hydrogen (secondary N) is 1. The normalized spacial score (nSPS) is 21.7. The predicted octanol–water partition coefficient (Wildman–Crippen LogP) is 2.23. The molecule has 2 unspecified atom stereocenters. The molecule has 94 valence electrons. The fourth-order valence-corrected chi connectivity index (χ4v) is 3.54. The average molecular weight is 258 g/mol. The molecule has 0 radical (unpaired) electrons. The van der Waals surface area contributed by atoms with E-state index in [1.54, 1.807) is 0 Å². The van der Waals surface area contributed by atoms with E-state index in [-0.39, 0.29) is 11.6 Å². The molecule has 1 aliphatic rings. The van der Waals surface area contributed by atoms with Gasteiger partial charge < -0.3 is 0 Å². The van der Waals surface area contributed by atoms with Crippen LogP contribution >= 0.6 is 11.8 Å². The van der Waals surface area contributed by atoms with E-state index < -0.39 is 11.6 Å². The van der Waals surface area contributed by atoms with Gasteiger partial charge in [-0.3, -0.25) is 11.3 Å². The van der Waals surface area contributed by atoms with Crippen LogP contribution in [0.4, 0.5) is 8.78 Å². The zero-order valence-electron chi connectivity index (χ0n) is 9.46. The Hall–Kier alpha value is -0.650. The van der Waals surface area contributed by atoms with E-state index in [1.807, 2.05) is 11.8 Å². The van der Waals surface area contributed by atoms with Gasteiger partial charge in [-0.1, -0.05) is 6.07 Å². The molecule has 1 saturated heterocycles. The van der Waals surface area contributed by atoms with Crippen LogP contribution in [-0.2, 0) is 6.42 Å². The van der Waals surface area contributed by atoms with Crippen molar-refractivity contribution in [3.8, 4) is 0 Å². The van der Waals surface area contributed by atoms with Crippen LogP contribution in [0.2, 0.25) is 0 Å². The standard InChI is InChI=1S/C12H16F2N2S/c13-9-3-1-4-10(14)8(9)7-11(16-15)12-5-2-6-17-12/h1,3-4,11-12,16H,2,5-7,15H2. The monoisotopic (exact) mass is 258 g/mol. The van der Waals surface area contributed by atoms with Crippen LogP contribution in [0, 0.1) is 11.6 Å². The molecule has 2 atom stereocenters. The number of halogens is 2. The van der Waals surface area contributed by atoms with Gasteiger partial charge in [-0.05, 0) is 37.1 Å². The highest BCUT2D eigenvalue weighted by Crippen LogP contribution is 2.30. The van der Waals surface area contributed by atoms with Gasteiger partial charge in [-0.15, -0.1) is 0 Å². The molecule has 0 bridgehead atoms. The van der Waals surface area contributed by atoms with Crippen LogP contribution in [0.1, 0.15) is 18.4 Å².